The minimum Gasteiger partial charge on any atom is -0.258 e. The average molecular weight is 230 g/mol. The van der Waals surface area contributed by atoms with Gasteiger partial charge in [-0.15, -0.1) is 0 Å². The zero-order valence-electron chi connectivity index (χ0n) is 7.73. The minimum absolute atomic E-state index is 0.305. The summed E-state index contributed by atoms with van der Waals surface area (Å²) in [6.07, 6.45) is -4.68. The second-order valence-electron chi connectivity index (χ2n) is 2.95. The van der Waals surface area contributed by atoms with E-state index in [0.717, 1.165) is 30.3 Å². The van der Waals surface area contributed by atoms with Gasteiger partial charge in [-0.05, 0) is 5.56 Å². The van der Waals surface area contributed by atoms with Crippen molar-refractivity contribution in [2.75, 3.05) is 0 Å². The van der Waals surface area contributed by atoms with Crippen molar-refractivity contribution < 1.29 is 18.1 Å². The summed E-state index contributed by atoms with van der Waals surface area (Å²) in [6, 6.07) is 4.84. The Morgan fingerprint density at radius 1 is 1.31 bits per heavy atom. The topological polar surface area (TPSA) is 66.9 Å². The Balaban J connectivity index is 3.06. The molecule has 0 amide bonds. The van der Waals surface area contributed by atoms with Gasteiger partial charge in [-0.3, -0.25) is 10.1 Å². The molecule has 16 heavy (non-hydrogen) atoms. The van der Waals surface area contributed by atoms with Gasteiger partial charge in [0.25, 0.3) is 5.69 Å². The van der Waals surface area contributed by atoms with Gasteiger partial charge in [-0.25, -0.2) is 0 Å². The number of nitro groups is 1. The molecule has 0 aliphatic heterocycles. The van der Waals surface area contributed by atoms with Gasteiger partial charge in [-0.2, -0.15) is 18.4 Å². The molecule has 0 saturated carbocycles. The van der Waals surface area contributed by atoms with E-state index in [-0.39, 0.29) is 11.3 Å². The van der Waals surface area contributed by atoms with Crippen LogP contribution in [0, 0.1) is 21.4 Å². The maximum atomic E-state index is 12.3. The third-order valence-electron chi connectivity index (χ3n) is 1.89. The highest BCUT2D eigenvalue weighted by atomic mass is 19.4. The first-order valence-electron chi connectivity index (χ1n) is 4.07. The molecule has 1 aromatic carbocycles. The average Bonchev–Trinajstić information content (AvgIpc) is 2.17. The van der Waals surface area contributed by atoms with E-state index in [0.29, 0.717) is 0 Å². The van der Waals surface area contributed by atoms with E-state index in [1.54, 1.807) is 0 Å². The molecule has 0 spiro atoms. The summed E-state index contributed by atoms with van der Waals surface area (Å²) in [7, 11) is 0. The Hall–Kier alpha value is -2.10. The number of rotatable bonds is 2. The van der Waals surface area contributed by atoms with Crippen molar-refractivity contribution in [3.8, 4) is 6.07 Å². The van der Waals surface area contributed by atoms with Crippen LogP contribution in [0.1, 0.15) is 11.5 Å². The molecule has 0 aliphatic carbocycles. The smallest absolute Gasteiger partial charge is 0.258 e. The first kappa shape index (κ1) is 12.0. The molecule has 0 aromatic heterocycles. The van der Waals surface area contributed by atoms with Crippen molar-refractivity contribution in [1.29, 1.82) is 5.26 Å². The largest absolute Gasteiger partial charge is 0.408 e. The zero-order chi connectivity index (χ0) is 12.3. The SMILES string of the molecule is N#CC(c1ccc([N+](=O)[O-])cc1)C(F)(F)F. The van der Waals surface area contributed by atoms with Crippen LogP contribution in [0.4, 0.5) is 18.9 Å². The summed E-state index contributed by atoms with van der Waals surface area (Å²) in [4.78, 5) is 9.54. The van der Waals surface area contributed by atoms with Crippen LogP contribution in [0.2, 0.25) is 0 Å². The predicted octanol–water partition coefficient (Wildman–Crippen LogP) is 2.76. The molecule has 0 aliphatic rings. The molecule has 0 heterocycles. The quantitative estimate of drug-likeness (QED) is 0.579. The van der Waals surface area contributed by atoms with Crippen LogP contribution in [0.25, 0.3) is 0 Å². The van der Waals surface area contributed by atoms with Gasteiger partial charge in [0, 0.05) is 12.1 Å². The third kappa shape index (κ3) is 2.48. The van der Waals surface area contributed by atoms with Gasteiger partial charge in [-0.1, -0.05) is 12.1 Å². The maximum absolute atomic E-state index is 12.3. The van der Waals surface area contributed by atoms with Crippen LogP contribution in [-0.4, -0.2) is 11.1 Å². The Bertz CT molecular complexity index is 434. The van der Waals surface area contributed by atoms with Gasteiger partial charge in [0.05, 0.1) is 11.0 Å². The Morgan fingerprint density at radius 2 is 1.81 bits per heavy atom. The van der Waals surface area contributed by atoms with Gasteiger partial charge >= 0.3 is 6.18 Å². The summed E-state index contributed by atoms with van der Waals surface area (Å²) in [5, 5.41) is 18.7. The molecule has 1 atom stereocenters. The monoisotopic (exact) mass is 230 g/mol. The van der Waals surface area contributed by atoms with Crippen molar-refractivity contribution >= 4 is 5.69 Å². The standard InChI is InChI=1S/C9H5F3N2O2/c10-9(11,12)8(5-13)6-1-3-7(4-2-6)14(15)16/h1-4,8H. The van der Waals surface area contributed by atoms with Gasteiger partial charge < -0.3 is 0 Å². The molecule has 84 valence electrons. The van der Waals surface area contributed by atoms with Gasteiger partial charge in [0.1, 0.15) is 0 Å². The molecule has 0 saturated heterocycles. The Labute approximate surface area is 88.1 Å². The molecule has 0 N–H and O–H groups in total. The fourth-order valence-electron chi connectivity index (χ4n) is 1.13. The number of nitro benzene ring substituents is 1. The number of halogens is 3. The summed E-state index contributed by atoms with van der Waals surface area (Å²) < 4.78 is 36.9. The molecule has 7 heteroatoms. The molecule has 1 aromatic rings. The molecule has 1 rings (SSSR count). The molecular formula is C9H5F3N2O2. The summed E-state index contributed by atoms with van der Waals surface area (Å²) in [5.74, 6) is -2.26. The molecule has 0 fully saturated rings. The fourth-order valence-corrected chi connectivity index (χ4v) is 1.13. The lowest BCUT2D eigenvalue weighted by atomic mass is 10.00. The van der Waals surface area contributed by atoms with E-state index in [2.05, 4.69) is 0 Å². The van der Waals surface area contributed by atoms with Crippen LogP contribution < -0.4 is 0 Å². The number of hydrogen-bond acceptors (Lipinski definition) is 3. The summed E-state index contributed by atoms with van der Waals surface area (Å²) >= 11 is 0. The highest BCUT2D eigenvalue weighted by molar-refractivity contribution is 5.36. The lowest BCUT2D eigenvalue weighted by Gasteiger charge is -2.12. The number of nitrogens with zero attached hydrogens (tertiary/aromatic N) is 2. The number of nitriles is 1. The van der Waals surface area contributed by atoms with Gasteiger partial charge in [0.15, 0.2) is 5.92 Å². The Kier molecular flexibility index (Phi) is 3.13. The molecule has 4 nitrogen and oxygen atoms in total. The summed E-state index contributed by atoms with van der Waals surface area (Å²) in [5.41, 5.74) is -0.622. The van der Waals surface area contributed by atoms with Crippen LogP contribution in [0.3, 0.4) is 0 Å². The number of benzene rings is 1. The molecular weight excluding hydrogens is 225 g/mol. The maximum Gasteiger partial charge on any atom is 0.408 e. The molecule has 1 unspecified atom stereocenters. The van der Waals surface area contributed by atoms with Crippen molar-refractivity contribution in [3.05, 3.63) is 39.9 Å². The van der Waals surface area contributed by atoms with Crippen molar-refractivity contribution in [2.45, 2.75) is 12.1 Å². The third-order valence-corrected chi connectivity index (χ3v) is 1.89. The molecule has 0 bridgehead atoms. The Morgan fingerprint density at radius 3 is 2.12 bits per heavy atom. The normalized spacial score (nSPS) is 12.9. The van der Waals surface area contributed by atoms with Crippen LogP contribution in [-0.2, 0) is 0 Å². The first-order valence-corrected chi connectivity index (χ1v) is 4.07. The summed E-state index contributed by atoms with van der Waals surface area (Å²) in [6.45, 7) is 0. The first-order chi connectivity index (χ1) is 7.36. The van der Waals surface area contributed by atoms with E-state index in [9.17, 15) is 23.3 Å². The van der Waals surface area contributed by atoms with Gasteiger partial charge in [0.2, 0.25) is 0 Å². The van der Waals surface area contributed by atoms with Crippen molar-refractivity contribution in [3.63, 3.8) is 0 Å². The molecule has 0 radical (unpaired) electrons. The van der Waals surface area contributed by atoms with Crippen molar-refractivity contribution in [2.24, 2.45) is 0 Å². The van der Waals surface area contributed by atoms with Crippen molar-refractivity contribution in [1.82, 2.24) is 0 Å². The lowest BCUT2D eigenvalue weighted by molar-refractivity contribution is -0.384. The second kappa shape index (κ2) is 4.18. The number of non-ortho nitro benzene ring substituents is 1. The minimum atomic E-state index is -4.68. The highest BCUT2D eigenvalue weighted by Gasteiger charge is 2.41. The van der Waals surface area contributed by atoms with E-state index >= 15 is 0 Å². The second-order valence-corrected chi connectivity index (χ2v) is 2.95. The zero-order valence-corrected chi connectivity index (χ0v) is 7.73. The number of hydrogen-bond donors (Lipinski definition) is 0. The van der Waals surface area contributed by atoms with E-state index in [4.69, 9.17) is 5.26 Å². The van der Waals surface area contributed by atoms with E-state index in [1.807, 2.05) is 0 Å². The highest BCUT2D eigenvalue weighted by Crippen LogP contribution is 2.34. The lowest BCUT2D eigenvalue weighted by Crippen LogP contribution is -2.19. The predicted molar refractivity (Wildman–Crippen MR) is 47.5 cm³/mol. The van der Waals surface area contributed by atoms with E-state index in [1.165, 1.54) is 0 Å². The van der Waals surface area contributed by atoms with E-state index < -0.39 is 17.0 Å². The number of alkyl halides is 3. The van der Waals surface area contributed by atoms with Crippen LogP contribution in [0.5, 0.6) is 0 Å². The fraction of sp³-hybridized carbons (Fsp3) is 0.222. The van der Waals surface area contributed by atoms with Crippen LogP contribution in [0.15, 0.2) is 24.3 Å². The van der Waals surface area contributed by atoms with Crippen LogP contribution >= 0.6 is 0 Å².